The van der Waals surface area contributed by atoms with E-state index in [0.29, 0.717) is 22.2 Å². The number of nitrogens with one attached hydrogen (secondary N) is 2. The van der Waals surface area contributed by atoms with Crippen LogP contribution in [-0.4, -0.2) is 29.5 Å². The minimum Gasteiger partial charge on any atom is -0.394 e. The summed E-state index contributed by atoms with van der Waals surface area (Å²) in [6.45, 7) is 0.209. The molecular formula is C20H22F3IN2O2. The van der Waals surface area contributed by atoms with E-state index in [-0.39, 0.29) is 23.4 Å². The molecule has 0 aliphatic heterocycles. The zero-order valence-electron chi connectivity index (χ0n) is 15.1. The largest absolute Gasteiger partial charge is 0.394 e. The van der Waals surface area contributed by atoms with Gasteiger partial charge in [0.15, 0.2) is 11.6 Å². The van der Waals surface area contributed by atoms with Crippen molar-refractivity contribution in [3.63, 3.8) is 0 Å². The normalized spacial score (nSPS) is 15.9. The van der Waals surface area contributed by atoms with Crippen LogP contribution < -0.4 is 10.6 Å². The van der Waals surface area contributed by atoms with E-state index < -0.39 is 23.6 Å². The van der Waals surface area contributed by atoms with Gasteiger partial charge in [0.2, 0.25) is 0 Å². The molecule has 4 N–H and O–H groups in total. The smallest absolute Gasteiger partial charge is 0.184 e. The Balaban J connectivity index is 1.72. The summed E-state index contributed by atoms with van der Waals surface area (Å²) >= 11 is 1.97. The van der Waals surface area contributed by atoms with E-state index in [4.69, 9.17) is 5.11 Å². The second kappa shape index (κ2) is 8.87. The predicted octanol–water partition coefficient (Wildman–Crippen LogP) is 4.78. The van der Waals surface area contributed by atoms with Crippen LogP contribution in [0.1, 0.15) is 25.7 Å². The van der Waals surface area contributed by atoms with Crippen LogP contribution in [0.25, 0.3) is 0 Å². The molecule has 1 aliphatic carbocycles. The summed E-state index contributed by atoms with van der Waals surface area (Å²) in [5.41, 5.74) is 0.206. The van der Waals surface area contributed by atoms with Gasteiger partial charge in [0.05, 0.1) is 24.1 Å². The van der Waals surface area contributed by atoms with Gasteiger partial charge in [-0.3, -0.25) is 0 Å². The molecular weight excluding hydrogens is 484 g/mol. The third-order valence-corrected chi connectivity index (χ3v) is 5.76. The molecule has 1 atom stereocenters. The summed E-state index contributed by atoms with van der Waals surface area (Å²) in [6.07, 6.45) is 2.42. The molecule has 1 saturated carbocycles. The van der Waals surface area contributed by atoms with Gasteiger partial charge < -0.3 is 20.8 Å². The molecule has 1 aliphatic rings. The lowest BCUT2D eigenvalue weighted by Gasteiger charge is -2.20. The van der Waals surface area contributed by atoms with E-state index in [2.05, 4.69) is 10.6 Å². The lowest BCUT2D eigenvalue weighted by molar-refractivity contribution is 0.0690. The van der Waals surface area contributed by atoms with Gasteiger partial charge in [0.25, 0.3) is 0 Å². The van der Waals surface area contributed by atoms with Crippen molar-refractivity contribution in [2.75, 3.05) is 23.8 Å². The average molecular weight is 506 g/mol. The summed E-state index contributed by atoms with van der Waals surface area (Å²) in [7, 11) is 0. The molecule has 2 aromatic rings. The van der Waals surface area contributed by atoms with Crippen LogP contribution in [0.15, 0.2) is 30.3 Å². The Kier molecular flexibility index (Phi) is 6.72. The SMILES string of the molecule is OC[C@H](O)CC1(CCNc2ccc(F)c(F)c2Nc2ccc(I)cc2F)CC1. The topological polar surface area (TPSA) is 64.5 Å². The maximum Gasteiger partial charge on any atom is 0.184 e. The molecule has 0 amide bonds. The molecule has 0 saturated heterocycles. The summed E-state index contributed by atoms with van der Waals surface area (Å²) in [5.74, 6) is -2.67. The minimum atomic E-state index is -1.08. The minimum absolute atomic E-state index is 0.0243. The molecule has 0 spiro atoms. The zero-order chi connectivity index (χ0) is 20.3. The quantitative estimate of drug-likeness (QED) is 0.370. The number of hydrogen-bond donors (Lipinski definition) is 4. The molecule has 0 heterocycles. The van der Waals surface area contributed by atoms with Gasteiger partial charge in [-0.25, -0.2) is 13.2 Å². The first-order valence-corrected chi connectivity index (χ1v) is 10.1. The van der Waals surface area contributed by atoms with Gasteiger partial charge in [-0.15, -0.1) is 0 Å². The number of halogens is 4. The highest BCUT2D eigenvalue weighted by molar-refractivity contribution is 14.1. The van der Waals surface area contributed by atoms with Crippen LogP contribution in [0.2, 0.25) is 0 Å². The van der Waals surface area contributed by atoms with Crippen LogP contribution >= 0.6 is 22.6 Å². The van der Waals surface area contributed by atoms with E-state index in [1.165, 1.54) is 18.2 Å². The predicted molar refractivity (Wildman–Crippen MR) is 111 cm³/mol. The van der Waals surface area contributed by atoms with Crippen molar-refractivity contribution >= 4 is 39.7 Å². The van der Waals surface area contributed by atoms with Gasteiger partial charge in [-0.05, 0) is 84.0 Å². The van der Waals surface area contributed by atoms with Crippen molar-refractivity contribution in [3.8, 4) is 0 Å². The molecule has 1 fully saturated rings. The number of rotatable bonds is 9. The maximum absolute atomic E-state index is 14.4. The third kappa shape index (κ3) is 5.09. The van der Waals surface area contributed by atoms with Crippen LogP contribution in [0, 0.1) is 26.4 Å². The molecule has 8 heteroatoms. The molecule has 2 aromatic carbocycles. The molecule has 0 bridgehead atoms. The van der Waals surface area contributed by atoms with Gasteiger partial charge in [0.1, 0.15) is 11.5 Å². The Morgan fingerprint density at radius 3 is 2.43 bits per heavy atom. The summed E-state index contributed by atoms with van der Waals surface area (Å²) in [6, 6.07) is 6.87. The van der Waals surface area contributed by atoms with Crippen LogP contribution in [0.3, 0.4) is 0 Å². The summed E-state index contributed by atoms with van der Waals surface area (Å²) in [5, 5.41) is 24.4. The summed E-state index contributed by atoms with van der Waals surface area (Å²) < 4.78 is 42.9. The Bertz CT molecular complexity index is 846. The fourth-order valence-corrected chi connectivity index (χ4v) is 3.76. The second-order valence-corrected chi connectivity index (χ2v) is 8.50. The maximum atomic E-state index is 14.4. The Morgan fingerprint density at radius 1 is 1.07 bits per heavy atom. The van der Waals surface area contributed by atoms with Crippen molar-refractivity contribution < 1.29 is 23.4 Å². The number of aliphatic hydroxyl groups excluding tert-OH is 2. The summed E-state index contributed by atoms with van der Waals surface area (Å²) in [4.78, 5) is 0. The standard InChI is InChI=1S/C20H22F3IN2O2/c21-14-2-4-17(25-8-7-20(5-6-20)10-13(28)11-27)19(18(14)23)26-16-3-1-12(24)9-15(16)22/h1-4,9,13,25-28H,5-8,10-11H2/t13-/m1/s1. The first-order valence-electron chi connectivity index (χ1n) is 9.06. The van der Waals surface area contributed by atoms with E-state index in [1.54, 1.807) is 6.07 Å². The van der Waals surface area contributed by atoms with E-state index in [1.807, 2.05) is 22.6 Å². The van der Waals surface area contributed by atoms with E-state index in [0.717, 1.165) is 25.3 Å². The lowest BCUT2D eigenvalue weighted by Crippen LogP contribution is -2.20. The fourth-order valence-electron chi connectivity index (χ4n) is 3.31. The Hall–Kier alpha value is -1.52. The Morgan fingerprint density at radius 2 is 1.79 bits per heavy atom. The molecule has 4 nitrogen and oxygen atoms in total. The molecule has 152 valence electrons. The van der Waals surface area contributed by atoms with Crippen molar-refractivity contribution in [1.29, 1.82) is 0 Å². The first-order chi connectivity index (χ1) is 13.3. The van der Waals surface area contributed by atoms with E-state index in [9.17, 15) is 18.3 Å². The molecule has 0 aromatic heterocycles. The van der Waals surface area contributed by atoms with E-state index >= 15 is 0 Å². The second-order valence-electron chi connectivity index (χ2n) is 7.25. The molecule has 0 unspecified atom stereocenters. The van der Waals surface area contributed by atoms with Crippen LogP contribution in [-0.2, 0) is 0 Å². The van der Waals surface area contributed by atoms with Gasteiger partial charge in [-0.1, -0.05) is 0 Å². The van der Waals surface area contributed by atoms with Crippen LogP contribution in [0.4, 0.5) is 30.2 Å². The highest BCUT2D eigenvalue weighted by Crippen LogP contribution is 2.52. The highest BCUT2D eigenvalue weighted by atomic mass is 127. The van der Waals surface area contributed by atoms with Gasteiger partial charge in [0, 0.05) is 10.1 Å². The average Bonchev–Trinajstić information content (AvgIpc) is 3.41. The van der Waals surface area contributed by atoms with Crippen molar-refractivity contribution in [3.05, 3.63) is 51.4 Å². The fraction of sp³-hybridized carbons (Fsp3) is 0.400. The van der Waals surface area contributed by atoms with Gasteiger partial charge >= 0.3 is 0 Å². The highest BCUT2D eigenvalue weighted by Gasteiger charge is 2.43. The molecule has 28 heavy (non-hydrogen) atoms. The third-order valence-electron chi connectivity index (χ3n) is 5.09. The number of benzene rings is 2. The molecule has 0 radical (unpaired) electrons. The van der Waals surface area contributed by atoms with Crippen molar-refractivity contribution in [2.24, 2.45) is 5.41 Å². The van der Waals surface area contributed by atoms with Crippen molar-refractivity contribution in [2.45, 2.75) is 31.8 Å². The number of hydrogen-bond acceptors (Lipinski definition) is 4. The van der Waals surface area contributed by atoms with Crippen LogP contribution in [0.5, 0.6) is 0 Å². The first kappa shape index (κ1) is 21.2. The molecule has 3 rings (SSSR count). The Labute approximate surface area is 175 Å². The number of anilines is 3. The van der Waals surface area contributed by atoms with Crippen molar-refractivity contribution in [1.82, 2.24) is 0 Å². The lowest BCUT2D eigenvalue weighted by atomic mass is 9.95. The monoisotopic (exact) mass is 506 g/mol. The number of aliphatic hydroxyl groups is 2. The zero-order valence-corrected chi connectivity index (χ0v) is 17.3. The van der Waals surface area contributed by atoms with Gasteiger partial charge in [-0.2, -0.15) is 0 Å².